The fourth-order valence-electron chi connectivity index (χ4n) is 2.29. The van der Waals surface area contributed by atoms with Gasteiger partial charge in [0.15, 0.2) is 6.61 Å². The number of halogens is 1. The van der Waals surface area contributed by atoms with Crippen LogP contribution in [-0.2, 0) is 20.7 Å². The first-order chi connectivity index (χ1) is 13.5. The summed E-state index contributed by atoms with van der Waals surface area (Å²) >= 11 is 0. The Labute approximate surface area is 162 Å². The van der Waals surface area contributed by atoms with E-state index in [4.69, 9.17) is 14.7 Å². The van der Waals surface area contributed by atoms with Crippen LogP contribution >= 0.6 is 0 Å². The van der Waals surface area contributed by atoms with Crippen LogP contribution in [0.4, 0.5) is 4.39 Å². The molecule has 0 heterocycles. The lowest BCUT2D eigenvalue weighted by Crippen LogP contribution is -2.30. The third-order valence-corrected chi connectivity index (χ3v) is 3.73. The number of nitriles is 1. The van der Waals surface area contributed by atoms with Crippen LogP contribution in [0.25, 0.3) is 6.08 Å². The van der Waals surface area contributed by atoms with Gasteiger partial charge in [0.25, 0.3) is 5.91 Å². The molecule has 0 bridgehead atoms. The lowest BCUT2D eigenvalue weighted by molar-refractivity contribution is -0.144. The van der Waals surface area contributed by atoms with Gasteiger partial charge in [-0.1, -0.05) is 24.3 Å². The molecule has 0 aliphatic rings. The Morgan fingerprint density at radius 2 is 1.96 bits per heavy atom. The predicted octanol–water partition coefficient (Wildman–Crippen LogP) is 2.64. The first-order valence-corrected chi connectivity index (χ1v) is 8.46. The van der Waals surface area contributed by atoms with E-state index in [1.165, 1.54) is 25.3 Å². The number of esters is 1. The van der Waals surface area contributed by atoms with E-state index in [1.54, 1.807) is 42.5 Å². The molecule has 0 radical (unpaired) electrons. The van der Waals surface area contributed by atoms with Crippen molar-refractivity contribution in [2.75, 3.05) is 20.3 Å². The number of ether oxygens (including phenoxy) is 2. The molecule has 0 saturated carbocycles. The summed E-state index contributed by atoms with van der Waals surface area (Å²) in [6, 6.07) is 14.5. The van der Waals surface area contributed by atoms with Gasteiger partial charge in [-0.15, -0.1) is 0 Å². The maximum absolute atomic E-state index is 12.8. The van der Waals surface area contributed by atoms with Gasteiger partial charge in [-0.25, -0.2) is 9.18 Å². The number of rotatable bonds is 8. The first-order valence-electron chi connectivity index (χ1n) is 8.46. The van der Waals surface area contributed by atoms with Crippen molar-refractivity contribution in [3.05, 3.63) is 71.0 Å². The Hall–Kier alpha value is -3.66. The van der Waals surface area contributed by atoms with Gasteiger partial charge in [0, 0.05) is 6.54 Å². The molecule has 0 fully saturated rings. The molecule has 1 amide bonds. The highest BCUT2D eigenvalue weighted by atomic mass is 19.1. The Morgan fingerprint density at radius 3 is 2.64 bits per heavy atom. The maximum atomic E-state index is 12.8. The molecule has 2 aromatic rings. The van der Waals surface area contributed by atoms with E-state index in [9.17, 15) is 14.0 Å². The molecule has 0 unspecified atom stereocenters. The number of nitrogens with one attached hydrogen (secondary N) is 1. The highest BCUT2D eigenvalue weighted by molar-refractivity contribution is 5.98. The minimum Gasteiger partial charge on any atom is -0.497 e. The molecule has 0 atom stereocenters. The first kappa shape index (κ1) is 20.6. The largest absolute Gasteiger partial charge is 0.497 e. The van der Waals surface area contributed by atoms with Crippen molar-refractivity contribution in [3.8, 4) is 11.8 Å². The Bertz CT molecular complexity index is 901. The summed E-state index contributed by atoms with van der Waals surface area (Å²) < 4.78 is 22.8. The van der Waals surface area contributed by atoms with Crippen LogP contribution in [0.3, 0.4) is 0 Å². The van der Waals surface area contributed by atoms with Gasteiger partial charge in [0.2, 0.25) is 0 Å². The quantitative estimate of drug-likeness (QED) is 0.431. The predicted molar refractivity (Wildman–Crippen MR) is 101 cm³/mol. The van der Waals surface area contributed by atoms with E-state index in [-0.39, 0.29) is 11.4 Å². The van der Waals surface area contributed by atoms with Crippen LogP contribution < -0.4 is 10.1 Å². The molecular formula is C21H19FN2O4. The summed E-state index contributed by atoms with van der Waals surface area (Å²) in [5.41, 5.74) is 1.23. The van der Waals surface area contributed by atoms with E-state index >= 15 is 0 Å². The van der Waals surface area contributed by atoms with Gasteiger partial charge < -0.3 is 14.8 Å². The third-order valence-electron chi connectivity index (χ3n) is 3.73. The molecule has 0 saturated heterocycles. The highest BCUT2D eigenvalue weighted by Gasteiger charge is 2.13. The molecule has 7 heteroatoms. The van der Waals surface area contributed by atoms with Gasteiger partial charge in [0.1, 0.15) is 23.2 Å². The SMILES string of the molecule is COc1cccc(/C=C(\C#N)C(=O)OCC(=O)NCCc2ccc(F)cc2)c1. The second kappa shape index (κ2) is 10.5. The zero-order valence-electron chi connectivity index (χ0n) is 15.3. The van der Waals surface area contributed by atoms with E-state index in [0.717, 1.165) is 5.56 Å². The van der Waals surface area contributed by atoms with Gasteiger partial charge >= 0.3 is 5.97 Å². The van der Waals surface area contributed by atoms with Crippen molar-refractivity contribution in [2.24, 2.45) is 0 Å². The number of methoxy groups -OCH3 is 1. The summed E-state index contributed by atoms with van der Waals surface area (Å²) in [4.78, 5) is 23.8. The molecule has 6 nitrogen and oxygen atoms in total. The van der Waals surface area contributed by atoms with Crippen LogP contribution in [0.1, 0.15) is 11.1 Å². The van der Waals surface area contributed by atoms with Crippen molar-refractivity contribution in [1.29, 1.82) is 5.26 Å². The Kier molecular flexibility index (Phi) is 7.73. The molecule has 0 aliphatic heterocycles. The number of carbonyl (C=O) groups is 2. The Balaban J connectivity index is 1.82. The molecule has 2 rings (SSSR count). The standard InChI is InChI=1S/C21H19FN2O4/c1-27-19-4-2-3-16(12-19)11-17(13-23)21(26)28-14-20(25)24-10-9-15-5-7-18(22)8-6-15/h2-8,11-12H,9-10,14H2,1H3,(H,24,25)/b17-11+. The smallest absolute Gasteiger partial charge is 0.349 e. The number of benzene rings is 2. The average Bonchev–Trinajstić information content (AvgIpc) is 2.71. The fourth-order valence-corrected chi connectivity index (χ4v) is 2.29. The molecule has 28 heavy (non-hydrogen) atoms. The lowest BCUT2D eigenvalue weighted by Gasteiger charge is -2.07. The van der Waals surface area contributed by atoms with E-state index < -0.39 is 18.5 Å². The zero-order valence-corrected chi connectivity index (χ0v) is 15.3. The molecule has 144 valence electrons. The van der Waals surface area contributed by atoms with Gasteiger partial charge in [-0.2, -0.15) is 5.26 Å². The minimum atomic E-state index is -0.890. The maximum Gasteiger partial charge on any atom is 0.349 e. The number of hydrogen-bond donors (Lipinski definition) is 1. The fraction of sp³-hybridized carbons (Fsp3) is 0.190. The van der Waals surface area contributed by atoms with Gasteiger partial charge in [-0.05, 0) is 47.9 Å². The van der Waals surface area contributed by atoms with Crippen molar-refractivity contribution >= 4 is 18.0 Å². The summed E-state index contributed by atoms with van der Waals surface area (Å²) in [5.74, 6) is -1.12. The molecule has 1 N–H and O–H groups in total. The number of hydrogen-bond acceptors (Lipinski definition) is 5. The van der Waals surface area contributed by atoms with Crippen LogP contribution in [-0.4, -0.2) is 32.1 Å². The number of nitrogens with zero attached hydrogens (tertiary/aromatic N) is 1. The summed E-state index contributed by atoms with van der Waals surface area (Å²) in [7, 11) is 1.51. The Morgan fingerprint density at radius 1 is 1.21 bits per heavy atom. The van der Waals surface area contributed by atoms with Gasteiger partial charge in [0.05, 0.1) is 7.11 Å². The van der Waals surface area contributed by atoms with Crippen LogP contribution in [0.2, 0.25) is 0 Å². The van der Waals surface area contributed by atoms with Crippen molar-refractivity contribution in [3.63, 3.8) is 0 Å². The van der Waals surface area contributed by atoms with Crippen LogP contribution in [0.5, 0.6) is 5.75 Å². The number of amides is 1. The van der Waals surface area contributed by atoms with Crippen molar-refractivity contribution in [2.45, 2.75) is 6.42 Å². The van der Waals surface area contributed by atoms with E-state index in [1.807, 2.05) is 0 Å². The van der Waals surface area contributed by atoms with E-state index in [0.29, 0.717) is 24.3 Å². The average molecular weight is 382 g/mol. The van der Waals surface area contributed by atoms with Crippen LogP contribution in [0, 0.1) is 17.1 Å². The summed E-state index contributed by atoms with van der Waals surface area (Å²) in [6.45, 7) is -0.188. The second-order valence-corrected chi connectivity index (χ2v) is 5.75. The minimum absolute atomic E-state index is 0.229. The zero-order chi connectivity index (χ0) is 20.4. The molecular weight excluding hydrogens is 363 g/mol. The molecule has 0 aromatic heterocycles. The molecule has 2 aromatic carbocycles. The number of carbonyl (C=O) groups excluding carboxylic acids is 2. The summed E-state index contributed by atoms with van der Waals surface area (Å²) in [5, 5.41) is 11.8. The molecule has 0 spiro atoms. The van der Waals surface area contributed by atoms with Gasteiger partial charge in [-0.3, -0.25) is 4.79 Å². The normalized spacial score (nSPS) is 10.7. The second-order valence-electron chi connectivity index (χ2n) is 5.75. The van der Waals surface area contributed by atoms with Crippen LogP contribution in [0.15, 0.2) is 54.1 Å². The van der Waals surface area contributed by atoms with E-state index in [2.05, 4.69) is 5.32 Å². The summed E-state index contributed by atoms with van der Waals surface area (Å²) in [6.07, 6.45) is 1.87. The highest BCUT2D eigenvalue weighted by Crippen LogP contribution is 2.15. The monoisotopic (exact) mass is 382 g/mol. The lowest BCUT2D eigenvalue weighted by atomic mass is 10.1. The van der Waals surface area contributed by atoms with Crippen molar-refractivity contribution in [1.82, 2.24) is 5.32 Å². The third kappa shape index (κ3) is 6.57. The van der Waals surface area contributed by atoms with Crippen molar-refractivity contribution < 1.29 is 23.5 Å². The topological polar surface area (TPSA) is 88.4 Å². The molecule has 0 aliphatic carbocycles.